The van der Waals surface area contributed by atoms with Crippen molar-refractivity contribution in [2.24, 2.45) is 0 Å². The second kappa shape index (κ2) is 8.56. The van der Waals surface area contributed by atoms with Gasteiger partial charge in [-0.15, -0.1) is 11.3 Å². The molecule has 6 heteroatoms. The van der Waals surface area contributed by atoms with Crippen molar-refractivity contribution in [2.75, 3.05) is 45.4 Å². The zero-order chi connectivity index (χ0) is 15.0. The minimum absolute atomic E-state index is 0.107. The Bertz CT molecular complexity index is 369. The number of methoxy groups -OCH3 is 2. The molecular formula is C14H27N3O2S. The number of aromatic nitrogens is 1. The zero-order valence-electron chi connectivity index (χ0n) is 13.2. The number of nitrogens with one attached hydrogen (secondary N) is 1. The van der Waals surface area contributed by atoms with E-state index >= 15 is 0 Å². The summed E-state index contributed by atoms with van der Waals surface area (Å²) in [6, 6.07) is 0. The molecule has 0 aliphatic heterocycles. The van der Waals surface area contributed by atoms with E-state index in [1.165, 1.54) is 0 Å². The Morgan fingerprint density at radius 3 is 2.30 bits per heavy atom. The lowest BCUT2D eigenvalue weighted by molar-refractivity contribution is 0.190. The lowest BCUT2D eigenvalue weighted by Gasteiger charge is -2.21. The minimum atomic E-state index is 0.107. The van der Waals surface area contributed by atoms with E-state index in [0.29, 0.717) is 13.2 Å². The molecule has 0 aliphatic rings. The molecule has 0 aliphatic carbocycles. The molecule has 0 aromatic carbocycles. The standard InChI is InChI=1S/C14H27N3O2S/c1-14(2,3)15-10-12-11-20-13(16-12)17(6-8-18-4)7-9-19-5/h11,15H,6-10H2,1-5H3. The summed E-state index contributed by atoms with van der Waals surface area (Å²) in [5, 5.41) is 6.60. The van der Waals surface area contributed by atoms with Crippen molar-refractivity contribution >= 4 is 16.5 Å². The summed E-state index contributed by atoms with van der Waals surface area (Å²) in [5.74, 6) is 0. The van der Waals surface area contributed by atoms with Gasteiger partial charge in [-0.1, -0.05) is 0 Å². The van der Waals surface area contributed by atoms with Crippen molar-refractivity contribution in [3.05, 3.63) is 11.1 Å². The second-order valence-electron chi connectivity index (χ2n) is 5.70. The lowest BCUT2D eigenvalue weighted by Crippen LogP contribution is -2.35. The van der Waals surface area contributed by atoms with Crippen LogP contribution < -0.4 is 10.2 Å². The molecular weight excluding hydrogens is 274 g/mol. The number of ether oxygens (including phenoxy) is 2. The monoisotopic (exact) mass is 301 g/mol. The van der Waals surface area contributed by atoms with Gasteiger partial charge >= 0.3 is 0 Å². The predicted octanol–water partition coefficient (Wildman–Crippen LogP) is 2.13. The van der Waals surface area contributed by atoms with Gasteiger partial charge in [-0.25, -0.2) is 4.98 Å². The smallest absolute Gasteiger partial charge is 0.185 e. The highest BCUT2D eigenvalue weighted by Crippen LogP contribution is 2.20. The molecule has 20 heavy (non-hydrogen) atoms. The normalized spacial score (nSPS) is 11.8. The number of rotatable bonds is 9. The number of hydrogen-bond acceptors (Lipinski definition) is 6. The van der Waals surface area contributed by atoms with E-state index < -0.39 is 0 Å². The highest BCUT2D eigenvalue weighted by atomic mass is 32.1. The van der Waals surface area contributed by atoms with Crippen LogP contribution in [0.25, 0.3) is 0 Å². The molecule has 0 spiro atoms. The maximum atomic E-state index is 5.15. The molecule has 1 rings (SSSR count). The fourth-order valence-electron chi connectivity index (χ4n) is 1.58. The lowest BCUT2D eigenvalue weighted by atomic mass is 10.1. The molecule has 5 nitrogen and oxygen atoms in total. The van der Waals surface area contributed by atoms with Gasteiger partial charge in [0.2, 0.25) is 0 Å². The largest absolute Gasteiger partial charge is 0.383 e. The van der Waals surface area contributed by atoms with Crippen molar-refractivity contribution in [3.63, 3.8) is 0 Å². The summed E-state index contributed by atoms with van der Waals surface area (Å²) < 4.78 is 10.3. The third-order valence-corrected chi connectivity index (χ3v) is 3.69. The first-order chi connectivity index (χ1) is 9.46. The highest BCUT2D eigenvalue weighted by Gasteiger charge is 2.13. The van der Waals surface area contributed by atoms with E-state index in [9.17, 15) is 0 Å². The van der Waals surface area contributed by atoms with Crippen LogP contribution in [-0.2, 0) is 16.0 Å². The Morgan fingerprint density at radius 1 is 1.20 bits per heavy atom. The van der Waals surface area contributed by atoms with Gasteiger partial charge in [0.1, 0.15) is 0 Å². The van der Waals surface area contributed by atoms with Crippen LogP contribution in [0.5, 0.6) is 0 Å². The van der Waals surface area contributed by atoms with Crippen molar-refractivity contribution < 1.29 is 9.47 Å². The van der Waals surface area contributed by atoms with Crippen LogP contribution in [0.2, 0.25) is 0 Å². The van der Waals surface area contributed by atoms with Gasteiger partial charge in [0.05, 0.1) is 18.9 Å². The van der Waals surface area contributed by atoms with Crippen LogP contribution in [0.15, 0.2) is 5.38 Å². The van der Waals surface area contributed by atoms with E-state index in [4.69, 9.17) is 14.5 Å². The number of anilines is 1. The quantitative estimate of drug-likeness (QED) is 0.757. The molecule has 0 fully saturated rings. The van der Waals surface area contributed by atoms with Crippen LogP contribution >= 0.6 is 11.3 Å². The van der Waals surface area contributed by atoms with E-state index in [2.05, 4.69) is 36.4 Å². The highest BCUT2D eigenvalue weighted by molar-refractivity contribution is 7.13. The minimum Gasteiger partial charge on any atom is -0.383 e. The van der Waals surface area contributed by atoms with Gasteiger partial charge in [-0.05, 0) is 20.8 Å². The molecule has 0 amide bonds. The second-order valence-corrected chi connectivity index (χ2v) is 6.53. The number of hydrogen-bond donors (Lipinski definition) is 1. The fourth-order valence-corrected chi connectivity index (χ4v) is 2.46. The van der Waals surface area contributed by atoms with Crippen molar-refractivity contribution in [1.82, 2.24) is 10.3 Å². The van der Waals surface area contributed by atoms with E-state index in [1.807, 2.05) is 0 Å². The topological polar surface area (TPSA) is 46.6 Å². The maximum Gasteiger partial charge on any atom is 0.185 e. The molecule has 1 N–H and O–H groups in total. The molecule has 0 saturated carbocycles. The summed E-state index contributed by atoms with van der Waals surface area (Å²) in [4.78, 5) is 6.90. The van der Waals surface area contributed by atoms with Crippen LogP contribution in [0, 0.1) is 0 Å². The van der Waals surface area contributed by atoms with Crippen LogP contribution in [-0.4, -0.2) is 51.0 Å². The first kappa shape index (κ1) is 17.4. The Kier molecular flexibility index (Phi) is 7.43. The average Bonchev–Trinajstić information content (AvgIpc) is 2.84. The number of thiazole rings is 1. The Morgan fingerprint density at radius 2 is 1.80 bits per heavy atom. The van der Waals surface area contributed by atoms with Gasteiger partial charge in [0.25, 0.3) is 0 Å². The molecule has 1 aromatic heterocycles. The molecule has 0 atom stereocenters. The maximum absolute atomic E-state index is 5.15. The molecule has 1 aromatic rings. The predicted molar refractivity (Wildman–Crippen MR) is 84.7 cm³/mol. The van der Waals surface area contributed by atoms with Crippen molar-refractivity contribution in [1.29, 1.82) is 0 Å². The van der Waals surface area contributed by atoms with Crippen LogP contribution in [0.3, 0.4) is 0 Å². The fraction of sp³-hybridized carbons (Fsp3) is 0.786. The van der Waals surface area contributed by atoms with Gasteiger partial charge < -0.3 is 19.7 Å². The molecule has 0 unspecified atom stereocenters. The third-order valence-electron chi connectivity index (χ3n) is 2.74. The summed E-state index contributed by atoms with van der Waals surface area (Å²) in [7, 11) is 3.43. The SMILES string of the molecule is COCCN(CCOC)c1nc(CNC(C)(C)C)cs1. The van der Waals surface area contributed by atoms with Gasteiger partial charge in [0.15, 0.2) is 5.13 Å². The zero-order valence-corrected chi connectivity index (χ0v) is 14.0. The Labute approximate surface area is 126 Å². The molecule has 116 valence electrons. The summed E-state index contributed by atoms with van der Waals surface area (Å²) in [6.07, 6.45) is 0. The summed E-state index contributed by atoms with van der Waals surface area (Å²) in [5.41, 5.74) is 1.19. The molecule has 0 bridgehead atoms. The molecule has 0 radical (unpaired) electrons. The summed E-state index contributed by atoms with van der Waals surface area (Å²) in [6.45, 7) is 10.3. The third kappa shape index (κ3) is 6.65. The van der Waals surface area contributed by atoms with Gasteiger partial charge in [0, 0.05) is 44.8 Å². The van der Waals surface area contributed by atoms with Crippen molar-refractivity contribution in [3.8, 4) is 0 Å². The molecule has 1 heterocycles. The van der Waals surface area contributed by atoms with E-state index in [1.54, 1.807) is 25.6 Å². The van der Waals surface area contributed by atoms with Crippen LogP contribution in [0.1, 0.15) is 26.5 Å². The first-order valence-electron chi connectivity index (χ1n) is 6.88. The van der Waals surface area contributed by atoms with Gasteiger partial charge in [-0.3, -0.25) is 0 Å². The summed E-state index contributed by atoms with van der Waals surface area (Å²) >= 11 is 1.67. The van der Waals surface area contributed by atoms with E-state index in [0.717, 1.165) is 30.5 Å². The van der Waals surface area contributed by atoms with E-state index in [-0.39, 0.29) is 5.54 Å². The number of nitrogens with zero attached hydrogens (tertiary/aromatic N) is 2. The van der Waals surface area contributed by atoms with Crippen molar-refractivity contribution in [2.45, 2.75) is 32.9 Å². The Hall–Kier alpha value is -0.690. The average molecular weight is 301 g/mol. The Balaban J connectivity index is 2.59. The van der Waals surface area contributed by atoms with Gasteiger partial charge in [-0.2, -0.15) is 0 Å². The first-order valence-corrected chi connectivity index (χ1v) is 7.76. The van der Waals surface area contributed by atoms with Crippen LogP contribution in [0.4, 0.5) is 5.13 Å². The molecule has 0 saturated heterocycles.